The van der Waals surface area contributed by atoms with Crippen molar-refractivity contribution >= 4 is 11.9 Å². The first-order valence-corrected chi connectivity index (χ1v) is 6.30. The van der Waals surface area contributed by atoms with Gasteiger partial charge in [0.05, 0.1) is 19.0 Å². The van der Waals surface area contributed by atoms with Crippen LogP contribution in [0, 0.1) is 6.92 Å². The second-order valence-corrected chi connectivity index (χ2v) is 4.91. The molecule has 2 rings (SSSR count). The maximum atomic E-state index is 12.2. The Labute approximate surface area is 111 Å². The van der Waals surface area contributed by atoms with Crippen LogP contribution in [0.25, 0.3) is 0 Å². The lowest BCUT2D eigenvalue weighted by Gasteiger charge is -2.24. The molecule has 19 heavy (non-hydrogen) atoms. The number of carbonyl (C=O) groups excluding carboxylic acids is 1. The van der Waals surface area contributed by atoms with Gasteiger partial charge in [0, 0.05) is 6.04 Å². The number of aryl methyl sites for hydroxylation is 1. The lowest BCUT2D eigenvalue weighted by Crippen LogP contribution is -2.45. The minimum Gasteiger partial charge on any atom is -0.481 e. The average molecular weight is 266 g/mol. The zero-order valence-electron chi connectivity index (χ0n) is 10.8. The zero-order chi connectivity index (χ0) is 14.0. The van der Waals surface area contributed by atoms with E-state index in [4.69, 9.17) is 15.3 Å². The number of hydrogen-bond acceptors (Lipinski definition) is 4. The summed E-state index contributed by atoms with van der Waals surface area (Å²) >= 11 is 0. The van der Waals surface area contributed by atoms with Crippen molar-refractivity contribution in [3.8, 4) is 0 Å². The molecule has 104 valence electrons. The van der Waals surface area contributed by atoms with Gasteiger partial charge < -0.3 is 20.2 Å². The second kappa shape index (κ2) is 5.44. The van der Waals surface area contributed by atoms with E-state index in [9.17, 15) is 9.59 Å². The fourth-order valence-corrected chi connectivity index (χ4v) is 2.00. The molecule has 0 aromatic carbocycles. The molecule has 6 nitrogen and oxygen atoms in total. The first-order chi connectivity index (χ1) is 8.97. The van der Waals surface area contributed by atoms with Crippen LogP contribution in [-0.2, 0) is 16.1 Å². The van der Waals surface area contributed by atoms with Gasteiger partial charge >= 0.3 is 5.97 Å². The molecule has 3 N–H and O–H groups in total. The molecule has 1 amide bonds. The third kappa shape index (κ3) is 3.57. The Kier molecular flexibility index (Phi) is 3.90. The molecular formula is C13H18N2O4. The summed E-state index contributed by atoms with van der Waals surface area (Å²) in [5.41, 5.74) is 5.64. The van der Waals surface area contributed by atoms with Gasteiger partial charge in [-0.2, -0.15) is 0 Å². The predicted molar refractivity (Wildman–Crippen MR) is 67.2 cm³/mol. The summed E-state index contributed by atoms with van der Waals surface area (Å²) in [4.78, 5) is 24.4. The first kappa shape index (κ1) is 13.6. The summed E-state index contributed by atoms with van der Waals surface area (Å²) < 4.78 is 5.45. The summed E-state index contributed by atoms with van der Waals surface area (Å²) in [5.74, 6) is 0.0951. The maximum Gasteiger partial charge on any atom is 0.305 e. The number of carboxylic acids is 1. The Morgan fingerprint density at radius 2 is 2.21 bits per heavy atom. The molecular weight excluding hydrogens is 248 g/mol. The Morgan fingerprint density at radius 1 is 1.53 bits per heavy atom. The van der Waals surface area contributed by atoms with Crippen LogP contribution >= 0.6 is 0 Å². The molecule has 1 heterocycles. The van der Waals surface area contributed by atoms with Crippen molar-refractivity contribution in [3.63, 3.8) is 0 Å². The van der Waals surface area contributed by atoms with Gasteiger partial charge in [-0.25, -0.2) is 0 Å². The number of hydrogen-bond donors (Lipinski definition) is 2. The topological polar surface area (TPSA) is 96.8 Å². The Morgan fingerprint density at radius 3 is 2.68 bits per heavy atom. The molecule has 0 spiro atoms. The number of nitrogens with zero attached hydrogens (tertiary/aromatic N) is 1. The lowest BCUT2D eigenvalue weighted by atomic mass is 10.2. The van der Waals surface area contributed by atoms with E-state index in [2.05, 4.69) is 0 Å². The van der Waals surface area contributed by atoms with Crippen LogP contribution in [0.5, 0.6) is 0 Å². The highest BCUT2D eigenvalue weighted by molar-refractivity contribution is 5.86. The predicted octanol–water partition coefficient (Wildman–Crippen LogP) is 0.881. The molecule has 1 aromatic heterocycles. The van der Waals surface area contributed by atoms with Gasteiger partial charge in [-0.15, -0.1) is 0 Å². The van der Waals surface area contributed by atoms with E-state index in [0.29, 0.717) is 12.3 Å². The molecule has 0 bridgehead atoms. The number of amides is 1. The van der Waals surface area contributed by atoms with Crippen LogP contribution in [-0.4, -0.2) is 34.0 Å². The number of nitrogens with two attached hydrogens (primary N) is 1. The van der Waals surface area contributed by atoms with Crippen LogP contribution in [0.1, 0.15) is 30.8 Å². The minimum absolute atomic E-state index is 0.165. The Bertz CT molecular complexity index is 479. The normalized spacial score (nSPS) is 16.1. The molecule has 1 atom stereocenters. The molecule has 1 aliphatic carbocycles. The molecule has 1 aliphatic rings. The van der Waals surface area contributed by atoms with Crippen molar-refractivity contribution in [3.05, 3.63) is 23.7 Å². The SMILES string of the molecule is Cc1ccc(CN(C(=O)C(N)CC(=O)O)C2CC2)o1. The van der Waals surface area contributed by atoms with E-state index >= 15 is 0 Å². The van der Waals surface area contributed by atoms with Crippen LogP contribution in [0.4, 0.5) is 0 Å². The van der Waals surface area contributed by atoms with Gasteiger partial charge in [0.2, 0.25) is 5.91 Å². The van der Waals surface area contributed by atoms with Gasteiger partial charge in [-0.1, -0.05) is 0 Å². The van der Waals surface area contributed by atoms with Gasteiger partial charge in [-0.05, 0) is 31.9 Å². The smallest absolute Gasteiger partial charge is 0.305 e. The largest absolute Gasteiger partial charge is 0.481 e. The zero-order valence-corrected chi connectivity index (χ0v) is 10.8. The summed E-state index contributed by atoms with van der Waals surface area (Å²) in [7, 11) is 0. The van der Waals surface area contributed by atoms with Crippen LogP contribution < -0.4 is 5.73 Å². The van der Waals surface area contributed by atoms with E-state index < -0.39 is 12.0 Å². The number of carboxylic acid groups (broad SMARTS) is 1. The van der Waals surface area contributed by atoms with E-state index in [-0.39, 0.29) is 18.4 Å². The standard InChI is InChI=1S/C13H18N2O4/c1-8-2-5-10(19-8)7-15(9-3-4-9)13(18)11(14)6-12(16)17/h2,5,9,11H,3-4,6-7,14H2,1H3,(H,16,17). The highest BCUT2D eigenvalue weighted by Gasteiger charge is 2.35. The maximum absolute atomic E-state index is 12.2. The van der Waals surface area contributed by atoms with Crippen molar-refractivity contribution in [2.24, 2.45) is 5.73 Å². The van der Waals surface area contributed by atoms with Crippen LogP contribution in [0.15, 0.2) is 16.5 Å². The monoisotopic (exact) mass is 266 g/mol. The van der Waals surface area contributed by atoms with E-state index in [1.54, 1.807) is 4.90 Å². The molecule has 1 fully saturated rings. The fourth-order valence-electron chi connectivity index (χ4n) is 2.00. The van der Waals surface area contributed by atoms with Crippen molar-refractivity contribution < 1.29 is 19.1 Å². The Hall–Kier alpha value is -1.82. The summed E-state index contributed by atoms with van der Waals surface area (Å²) in [5, 5.41) is 8.69. The first-order valence-electron chi connectivity index (χ1n) is 6.30. The van der Waals surface area contributed by atoms with Crippen molar-refractivity contribution in [1.29, 1.82) is 0 Å². The number of carbonyl (C=O) groups is 2. The minimum atomic E-state index is -1.06. The van der Waals surface area contributed by atoms with E-state index in [1.165, 1.54) is 0 Å². The van der Waals surface area contributed by atoms with Gasteiger partial charge in [-0.3, -0.25) is 9.59 Å². The van der Waals surface area contributed by atoms with E-state index in [1.807, 2.05) is 19.1 Å². The summed E-state index contributed by atoms with van der Waals surface area (Å²) in [6.07, 6.45) is 1.52. The lowest BCUT2D eigenvalue weighted by molar-refractivity contribution is -0.142. The highest BCUT2D eigenvalue weighted by Crippen LogP contribution is 2.29. The summed E-state index contributed by atoms with van der Waals surface area (Å²) in [6, 6.07) is 2.83. The van der Waals surface area contributed by atoms with Crippen molar-refractivity contribution in [2.45, 2.75) is 44.8 Å². The van der Waals surface area contributed by atoms with Crippen molar-refractivity contribution in [2.75, 3.05) is 0 Å². The fraction of sp³-hybridized carbons (Fsp3) is 0.538. The molecule has 0 radical (unpaired) electrons. The van der Waals surface area contributed by atoms with Gasteiger partial charge in [0.1, 0.15) is 11.5 Å². The van der Waals surface area contributed by atoms with Gasteiger partial charge in [0.25, 0.3) is 0 Å². The van der Waals surface area contributed by atoms with E-state index in [0.717, 1.165) is 18.6 Å². The van der Waals surface area contributed by atoms with Gasteiger partial charge in [0.15, 0.2) is 0 Å². The molecule has 1 aromatic rings. The summed E-state index contributed by atoms with van der Waals surface area (Å²) in [6.45, 7) is 2.19. The molecule has 0 saturated heterocycles. The number of rotatable bonds is 6. The van der Waals surface area contributed by atoms with Crippen LogP contribution in [0.2, 0.25) is 0 Å². The quantitative estimate of drug-likeness (QED) is 0.796. The highest BCUT2D eigenvalue weighted by atomic mass is 16.4. The number of furan rings is 1. The third-order valence-electron chi connectivity index (χ3n) is 3.10. The molecule has 0 aliphatic heterocycles. The average Bonchev–Trinajstić information content (AvgIpc) is 3.08. The van der Waals surface area contributed by atoms with Crippen molar-refractivity contribution in [1.82, 2.24) is 4.90 Å². The Balaban J connectivity index is 2.03. The number of aliphatic carboxylic acids is 1. The molecule has 1 saturated carbocycles. The van der Waals surface area contributed by atoms with Crippen LogP contribution in [0.3, 0.4) is 0 Å². The molecule has 1 unspecified atom stereocenters. The molecule has 6 heteroatoms. The third-order valence-corrected chi connectivity index (χ3v) is 3.10. The second-order valence-electron chi connectivity index (χ2n) is 4.91.